The zero-order valence-electron chi connectivity index (χ0n) is 12.2. The highest BCUT2D eigenvalue weighted by atomic mass is 32.2. The molecule has 19 heavy (non-hydrogen) atoms. The maximum absolute atomic E-state index is 12.4. The van der Waals surface area contributed by atoms with Crippen LogP contribution in [0.15, 0.2) is 23.1 Å². The molecule has 0 saturated heterocycles. The van der Waals surface area contributed by atoms with Gasteiger partial charge in [-0.2, -0.15) is 0 Å². The summed E-state index contributed by atoms with van der Waals surface area (Å²) in [6.07, 6.45) is 1.57. The number of anilines is 1. The van der Waals surface area contributed by atoms with E-state index in [2.05, 4.69) is 4.72 Å². The average molecular weight is 284 g/mol. The second-order valence-corrected chi connectivity index (χ2v) is 7.30. The first kappa shape index (κ1) is 16.0. The summed E-state index contributed by atoms with van der Waals surface area (Å²) in [6, 6.07) is 5.03. The Hall–Kier alpha value is -1.07. The molecular weight excluding hydrogens is 260 g/mol. The maximum atomic E-state index is 12.4. The van der Waals surface area contributed by atoms with Gasteiger partial charge >= 0.3 is 0 Å². The smallest absolute Gasteiger partial charge is 0.240 e. The molecule has 0 radical (unpaired) electrons. The largest absolute Gasteiger partial charge is 0.399 e. The van der Waals surface area contributed by atoms with E-state index in [1.165, 1.54) is 6.07 Å². The van der Waals surface area contributed by atoms with Crippen LogP contribution < -0.4 is 10.5 Å². The van der Waals surface area contributed by atoms with Crippen LogP contribution in [0, 0.1) is 5.41 Å². The minimum Gasteiger partial charge on any atom is -0.399 e. The number of aryl methyl sites for hydroxylation is 1. The van der Waals surface area contributed by atoms with Crippen LogP contribution in [0.3, 0.4) is 0 Å². The predicted octanol–water partition coefficient (Wildman–Crippen LogP) is 2.55. The Morgan fingerprint density at radius 1 is 1.26 bits per heavy atom. The Balaban J connectivity index is 3.04. The summed E-state index contributed by atoms with van der Waals surface area (Å²) in [7, 11) is -3.50. The summed E-state index contributed by atoms with van der Waals surface area (Å²) in [6.45, 7) is 8.47. The molecule has 0 bridgehead atoms. The van der Waals surface area contributed by atoms with Crippen LogP contribution in [0.25, 0.3) is 0 Å². The number of nitrogens with one attached hydrogen (secondary N) is 1. The third kappa shape index (κ3) is 4.21. The molecular formula is C14H24N2O2S. The van der Waals surface area contributed by atoms with Crippen molar-refractivity contribution in [2.75, 3.05) is 12.3 Å². The van der Waals surface area contributed by atoms with Gasteiger partial charge in [0.25, 0.3) is 0 Å². The van der Waals surface area contributed by atoms with E-state index in [1.807, 2.05) is 27.7 Å². The molecule has 0 unspecified atom stereocenters. The molecule has 0 aliphatic heterocycles. The molecule has 0 aliphatic carbocycles. The van der Waals surface area contributed by atoms with Crippen molar-refractivity contribution >= 4 is 15.7 Å². The van der Waals surface area contributed by atoms with Crippen molar-refractivity contribution in [3.05, 3.63) is 23.8 Å². The first-order valence-corrected chi connectivity index (χ1v) is 8.08. The zero-order chi connectivity index (χ0) is 14.7. The van der Waals surface area contributed by atoms with Crippen LogP contribution in [-0.4, -0.2) is 15.0 Å². The topological polar surface area (TPSA) is 72.2 Å². The number of sulfonamides is 1. The Kier molecular flexibility index (Phi) is 4.98. The monoisotopic (exact) mass is 284 g/mol. The quantitative estimate of drug-likeness (QED) is 0.789. The lowest BCUT2D eigenvalue weighted by Gasteiger charge is -2.23. The van der Waals surface area contributed by atoms with Crippen LogP contribution in [0.4, 0.5) is 5.69 Å². The molecule has 0 aromatic heterocycles. The van der Waals surface area contributed by atoms with E-state index < -0.39 is 10.0 Å². The molecule has 1 aromatic carbocycles. The molecule has 0 atom stereocenters. The van der Waals surface area contributed by atoms with E-state index in [9.17, 15) is 8.42 Å². The fourth-order valence-electron chi connectivity index (χ4n) is 1.61. The van der Waals surface area contributed by atoms with Crippen LogP contribution in [0.5, 0.6) is 0 Å². The van der Waals surface area contributed by atoms with Gasteiger partial charge in [0.15, 0.2) is 0 Å². The second kappa shape index (κ2) is 5.92. The standard InChI is InChI=1S/C14H24N2O2S/c1-5-11-7-8-12(15)9-13(11)19(17,18)16-10-14(3,4)6-2/h7-9,16H,5-6,10,15H2,1-4H3. The number of nitrogens with two attached hydrogens (primary N) is 1. The fraction of sp³-hybridized carbons (Fsp3) is 0.571. The highest BCUT2D eigenvalue weighted by Gasteiger charge is 2.22. The Labute approximate surface area is 116 Å². The van der Waals surface area contributed by atoms with Gasteiger partial charge in [-0.05, 0) is 36.0 Å². The molecule has 0 saturated carbocycles. The van der Waals surface area contributed by atoms with Crippen molar-refractivity contribution in [1.82, 2.24) is 4.72 Å². The van der Waals surface area contributed by atoms with Gasteiger partial charge in [0, 0.05) is 12.2 Å². The zero-order valence-corrected chi connectivity index (χ0v) is 13.0. The maximum Gasteiger partial charge on any atom is 0.240 e. The van der Waals surface area contributed by atoms with Gasteiger partial charge in [-0.25, -0.2) is 13.1 Å². The Morgan fingerprint density at radius 2 is 1.89 bits per heavy atom. The molecule has 108 valence electrons. The van der Waals surface area contributed by atoms with Crippen molar-refractivity contribution in [2.45, 2.75) is 45.4 Å². The van der Waals surface area contributed by atoms with Crippen molar-refractivity contribution in [2.24, 2.45) is 5.41 Å². The average Bonchev–Trinajstić information content (AvgIpc) is 2.37. The highest BCUT2D eigenvalue weighted by Crippen LogP contribution is 2.22. The van der Waals surface area contributed by atoms with E-state index >= 15 is 0 Å². The molecule has 1 aromatic rings. The van der Waals surface area contributed by atoms with E-state index in [4.69, 9.17) is 5.73 Å². The molecule has 1 rings (SSSR count). The van der Waals surface area contributed by atoms with Gasteiger partial charge in [-0.1, -0.05) is 33.8 Å². The number of nitrogen functional groups attached to an aromatic ring is 1. The van der Waals surface area contributed by atoms with Gasteiger partial charge in [0.05, 0.1) is 4.90 Å². The predicted molar refractivity (Wildman–Crippen MR) is 79.5 cm³/mol. The SMILES string of the molecule is CCc1ccc(N)cc1S(=O)(=O)NCC(C)(C)CC. The van der Waals surface area contributed by atoms with E-state index in [0.29, 0.717) is 23.5 Å². The van der Waals surface area contributed by atoms with Crippen molar-refractivity contribution < 1.29 is 8.42 Å². The van der Waals surface area contributed by atoms with Gasteiger partial charge < -0.3 is 5.73 Å². The van der Waals surface area contributed by atoms with Crippen molar-refractivity contribution in [3.63, 3.8) is 0 Å². The van der Waals surface area contributed by atoms with Gasteiger partial charge in [0.1, 0.15) is 0 Å². The van der Waals surface area contributed by atoms with Crippen molar-refractivity contribution in [3.8, 4) is 0 Å². The number of hydrogen-bond donors (Lipinski definition) is 2. The Morgan fingerprint density at radius 3 is 2.42 bits per heavy atom. The third-order valence-electron chi connectivity index (χ3n) is 3.46. The summed E-state index contributed by atoms with van der Waals surface area (Å²) in [5.74, 6) is 0. The third-order valence-corrected chi connectivity index (χ3v) is 4.94. The lowest BCUT2D eigenvalue weighted by Crippen LogP contribution is -2.34. The van der Waals surface area contributed by atoms with Gasteiger partial charge in [-0.15, -0.1) is 0 Å². The second-order valence-electron chi connectivity index (χ2n) is 5.56. The van der Waals surface area contributed by atoms with E-state index in [0.717, 1.165) is 12.0 Å². The molecule has 3 N–H and O–H groups in total. The normalized spacial score (nSPS) is 12.6. The molecule has 5 heteroatoms. The molecule has 0 amide bonds. The van der Waals surface area contributed by atoms with Gasteiger partial charge in [-0.3, -0.25) is 0 Å². The van der Waals surface area contributed by atoms with E-state index in [-0.39, 0.29) is 5.41 Å². The lowest BCUT2D eigenvalue weighted by molar-refractivity contribution is 0.350. The van der Waals surface area contributed by atoms with Crippen LogP contribution >= 0.6 is 0 Å². The summed E-state index contributed by atoms with van der Waals surface area (Å²) >= 11 is 0. The number of benzene rings is 1. The van der Waals surface area contributed by atoms with Gasteiger partial charge in [0.2, 0.25) is 10.0 Å². The number of hydrogen-bond acceptors (Lipinski definition) is 3. The summed E-state index contributed by atoms with van der Waals surface area (Å²) in [4.78, 5) is 0.293. The summed E-state index contributed by atoms with van der Waals surface area (Å²) < 4.78 is 27.4. The summed E-state index contributed by atoms with van der Waals surface area (Å²) in [5, 5.41) is 0. The molecule has 0 heterocycles. The minimum absolute atomic E-state index is 0.0558. The first-order valence-electron chi connectivity index (χ1n) is 6.60. The molecule has 0 aliphatic rings. The summed E-state index contributed by atoms with van der Waals surface area (Å²) in [5.41, 5.74) is 6.89. The first-order chi connectivity index (χ1) is 8.72. The Bertz CT molecular complexity index is 536. The molecule has 0 fully saturated rings. The lowest BCUT2D eigenvalue weighted by atomic mass is 9.91. The minimum atomic E-state index is -3.50. The highest BCUT2D eigenvalue weighted by molar-refractivity contribution is 7.89. The molecule has 0 spiro atoms. The van der Waals surface area contributed by atoms with E-state index in [1.54, 1.807) is 12.1 Å². The van der Waals surface area contributed by atoms with Crippen LogP contribution in [0.1, 0.15) is 39.7 Å². The van der Waals surface area contributed by atoms with Crippen molar-refractivity contribution in [1.29, 1.82) is 0 Å². The molecule has 4 nitrogen and oxygen atoms in total. The number of rotatable bonds is 6. The van der Waals surface area contributed by atoms with Crippen LogP contribution in [0.2, 0.25) is 0 Å². The van der Waals surface area contributed by atoms with Crippen LogP contribution in [-0.2, 0) is 16.4 Å². The fourth-order valence-corrected chi connectivity index (χ4v) is 3.19.